The molecule has 0 aromatic carbocycles. The van der Waals surface area contributed by atoms with Crippen molar-refractivity contribution >= 4 is 11.9 Å². The van der Waals surface area contributed by atoms with E-state index in [1.165, 1.54) is 0 Å². The van der Waals surface area contributed by atoms with Gasteiger partial charge in [-0.3, -0.25) is 14.5 Å². The van der Waals surface area contributed by atoms with Crippen LogP contribution in [0.25, 0.3) is 0 Å². The van der Waals surface area contributed by atoms with E-state index in [2.05, 4.69) is 5.32 Å². The van der Waals surface area contributed by atoms with Gasteiger partial charge in [0.05, 0.1) is 12.6 Å². The molecule has 1 heterocycles. The predicted molar refractivity (Wildman–Crippen MR) is 58.7 cm³/mol. The molecule has 6 nitrogen and oxygen atoms in total. The third-order valence-electron chi connectivity index (χ3n) is 2.75. The van der Waals surface area contributed by atoms with E-state index in [0.29, 0.717) is 19.7 Å². The molecule has 1 aliphatic heterocycles. The summed E-state index contributed by atoms with van der Waals surface area (Å²) < 4.78 is 4.97. The van der Waals surface area contributed by atoms with Gasteiger partial charge in [-0.25, -0.2) is 0 Å². The van der Waals surface area contributed by atoms with Crippen LogP contribution < -0.4 is 11.1 Å². The molecule has 0 radical (unpaired) electrons. The third-order valence-corrected chi connectivity index (χ3v) is 2.75. The van der Waals surface area contributed by atoms with Crippen molar-refractivity contribution in [2.24, 2.45) is 5.73 Å². The monoisotopic (exact) mass is 229 g/mol. The normalized spacial score (nSPS) is 23.8. The molecule has 2 atom stereocenters. The molecule has 0 aromatic heterocycles. The molecule has 1 amide bonds. The summed E-state index contributed by atoms with van der Waals surface area (Å²) in [6, 6.07) is -0.868. The molecule has 0 saturated carbocycles. The lowest BCUT2D eigenvalue weighted by atomic mass is 10.1. The Morgan fingerprint density at radius 1 is 1.62 bits per heavy atom. The summed E-state index contributed by atoms with van der Waals surface area (Å²) >= 11 is 0. The fraction of sp³-hybridized carbons (Fsp3) is 0.800. The van der Waals surface area contributed by atoms with Crippen LogP contribution in [0.1, 0.15) is 13.8 Å². The topological polar surface area (TPSA) is 84.7 Å². The van der Waals surface area contributed by atoms with Gasteiger partial charge in [-0.05, 0) is 13.8 Å². The SMILES string of the molecule is CCOC(=O)C1CNCCN1C(C)C(N)=O. The molecule has 16 heavy (non-hydrogen) atoms. The Bertz CT molecular complexity index is 270. The van der Waals surface area contributed by atoms with Crippen molar-refractivity contribution in [1.82, 2.24) is 10.2 Å². The average Bonchev–Trinajstić information content (AvgIpc) is 2.28. The number of hydrogen-bond acceptors (Lipinski definition) is 5. The van der Waals surface area contributed by atoms with Gasteiger partial charge in [0.2, 0.25) is 5.91 Å². The number of carbonyl (C=O) groups excluding carboxylic acids is 2. The molecule has 1 rings (SSSR count). The standard InChI is InChI=1S/C10H19N3O3/c1-3-16-10(15)8-6-12-4-5-13(8)7(2)9(11)14/h7-8,12H,3-6H2,1-2H3,(H2,11,14). The van der Waals surface area contributed by atoms with Crippen LogP contribution in [0.3, 0.4) is 0 Å². The lowest BCUT2D eigenvalue weighted by Gasteiger charge is -2.37. The first-order valence-electron chi connectivity index (χ1n) is 5.50. The second-order valence-electron chi connectivity index (χ2n) is 3.79. The number of hydrogen-bond donors (Lipinski definition) is 2. The highest BCUT2D eigenvalue weighted by molar-refractivity contribution is 5.82. The zero-order valence-corrected chi connectivity index (χ0v) is 9.73. The molecule has 2 unspecified atom stereocenters. The number of rotatable bonds is 4. The Morgan fingerprint density at radius 3 is 2.88 bits per heavy atom. The van der Waals surface area contributed by atoms with Crippen LogP contribution in [-0.2, 0) is 14.3 Å². The molecule has 1 saturated heterocycles. The lowest BCUT2D eigenvalue weighted by molar-refractivity contribution is -0.151. The molecule has 0 bridgehead atoms. The van der Waals surface area contributed by atoms with Crippen LogP contribution in [0.5, 0.6) is 0 Å². The van der Waals surface area contributed by atoms with Crippen LogP contribution in [0.2, 0.25) is 0 Å². The summed E-state index contributed by atoms with van der Waals surface area (Å²) in [5, 5.41) is 3.10. The highest BCUT2D eigenvalue weighted by atomic mass is 16.5. The number of piperazine rings is 1. The van der Waals surface area contributed by atoms with Crippen LogP contribution in [0.15, 0.2) is 0 Å². The van der Waals surface area contributed by atoms with Crippen LogP contribution in [-0.4, -0.2) is 55.1 Å². The first-order valence-corrected chi connectivity index (χ1v) is 5.50. The zero-order chi connectivity index (χ0) is 12.1. The fourth-order valence-electron chi connectivity index (χ4n) is 1.80. The van der Waals surface area contributed by atoms with E-state index < -0.39 is 18.0 Å². The molecule has 6 heteroatoms. The summed E-state index contributed by atoms with van der Waals surface area (Å²) in [5.74, 6) is -0.723. The minimum absolute atomic E-state index is 0.303. The summed E-state index contributed by atoms with van der Waals surface area (Å²) in [4.78, 5) is 24.6. The van der Waals surface area contributed by atoms with Crippen molar-refractivity contribution in [3.63, 3.8) is 0 Å². The van der Waals surface area contributed by atoms with Crippen LogP contribution >= 0.6 is 0 Å². The Kier molecular flexibility index (Phi) is 4.70. The minimum Gasteiger partial charge on any atom is -0.465 e. The molecule has 0 aliphatic carbocycles. The maximum atomic E-state index is 11.7. The summed E-state index contributed by atoms with van der Waals surface area (Å²) in [6.45, 7) is 5.67. The summed E-state index contributed by atoms with van der Waals surface area (Å²) in [5.41, 5.74) is 5.25. The molecule has 0 aromatic rings. The minimum atomic E-state index is -0.448. The van der Waals surface area contributed by atoms with Crippen molar-refractivity contribution in [3.05, 3.63) is 0 Å². The van der Waals surface area contributed by atoms with E-state index >= 15 is 0 Å². The van der Waals surface area contributed by atoms with Gasteiger partial charge in [0.25, 0.3) is 0 Å². The van der Waals surface area contributed by atoms with Gasteiger partial charge in [0.15, 0.2) is 0 Å². The number of amides is 1. The number of nitrogens with zero attached hydrogens (tertiary/aromatic N) is 1. The van der Waals surface area contributed by atoms with Gasteiger partial charge in [-0.1, -0.05) is 0 Å². The molecule has 0 spiro atoms. The smallest absolute Gasteiger partial charge is 0.324 e. The maximum absolute atomic E-state index is 11.7. The lowest BCUT2D eigenvalue weighted by Crippen LogP contribution is -2.60. The quantitative estimate of drug-likeness (QED) is 0.585. The molecular formula is C10H19N3O3. The van der Waals surface area contributed by atoms with Gasteiger partial charge < -0.3 is 15.8 Å². The first kappa shape index (κ1) is 12.9. The third kappa shape index (κ3) is 2.93. The van der Waals surface area contributed by atoms with Gasteiger partial charge in [0.1, 0.15) is 6.04 Å². The number of esters is 1. The summed E-state index contributed by atoms with van der Waals surface area (Å²) in [7, 11) is 0. The van der Waals surface area contributed by atoms with Crippen molar-refractivity contribution in [2.45, 2.75) is 25.9 Å². The van der Waals surface area contributed by atoms with Crippen molar-refractivity contribution in [1.29, 1.82) is 0 Å². The van der Waals surface area contributed by atoms with Crippen molar-refractivity contribution in [2.75, 3.05) is 26.2 Å². The van der Waals surface area contributed by atoms with E-state index in [1.807, 2.05) is 0 Å². The Hall–Kier alpha value is -1.14. The average molecular weight is 229 g/mol. The summed E-state index contributed by atoms with van der Waals surface area (Å²) in [6.07, 6.45) is 0. The Morgan fingerprint density at radius 2 is 2.31 bits per heavy atom. The van der Waals surface area contributed by atoms with E-state index in [9.17, 15) is 9.59 Å². The number of primary amides is 1. The molecule has 1 aliphatic rings. The molecule has 3 N–H and O–H groups in total. The molecular weight excluding hydrogens is 210 g/mol. The number of ether oxygens (including phenoxy) is 1. The highest BCUT2D eigenvalue weighted by Gasteiger charge is 2.34. The van der Waals surface area contributed by atoms with E-state index in [0.717, 1.165) is 6.54 Å². The van der Waals surface area contributed by atoms with Gasteiger partial charge in [0, 0.05) is 19.6 Å². The highest BCUT2D eigenvalue weighted by Crippen LogP contribution is 2.10. The van der Waals surface area contributed by atoms with Gasteiger partial charge >= 0.3 is 5.97 Å². The fourth-order valence-corrected chi connectivity index (χ4v) is 1.80. The number of nitrogens with one attached hydrogen (secondary N) is 1. The molecule has 92 valence electrons. The molecule has 1 fully saturated rings. The van der Waals surface area contributed by atoms with Crippen molar-refractivity contribution < 1.29 is 14.3 Å². The van der Waals surface area contributed by atoms with E-state index in [-0.39, 0.29) is 5.97 Å². The largest absolute Gasteiger partial charge is 0.465 e. The number of carbonyl (C=O) groups is 2. The van der Waals surface area contributed by atoms with Crippen LogP contribution in [0.4, 0.5) is 0 Å². The predicted octanol–water partition coefficient (Wildman–Crippen LogP) is -1.30. The Labute approximate surface area is 95.1 Å². The zero-order valence-electron chi connectivity index (χ0n) is 9.73. The second kappa shape index (κ2) is 5.81. The number of nitrogens with two attached hydrogens (primary N) is 1. The van der Waals surface area contributed by atoms with Gasteiger partial charge in [-0.15, -0.1) is 0 Å². The van der Waals surface area contributed by atoms with Crippen LogP contribution in [0, 0.1) is 0 Å². The Balaban J connectivity index is 2.70. The van der Waals surface area contributed by atoms with Crippen molar-refractivity contribution in [3.8, 4) is 0 Å². The van der Waals surface area contributed by atoms with E-state index in [1.54, 1.807) is 18.7 Å². The second-order valence-corrected chi connectivity index (χ2v) is 3.79. The van der Waals surface area contributed by atoms with E-state index in [4.69, 9.17) is 10.5 Å². The first-order chi connectivity index (χ1) is 7.57. The maximum Gasteiger partial charge on any atom is 0.324 e. The van der Waals surface area contributed by atoms with Gasteiger partial charge in [-0.2, -0.15) is 0 Å².